The minimum atomic E-state index is -0.131. The highest BCUT2D eigenvalue weighted by atomic mass is 16.5. The average molecular weight is 561 g/mol. The van der Waals surface area contributed by atoms with Crippen LogP contribution in [0.2, 0.25) is 0 Å². The number of rotatable bonds is 7. The highest BCUT2D eigenvalue weighted by molar-refractivity contribution is 5.78. The van der Waals surface area contributed by atoms with Gasteiger partial charge in [0.1, 0.15) is 5.75 Å². The fraction of sp³-hybridized carbons (Fsp3) is 0.438. The van der Waals surface area contributed by atoms with E-state index in [0.717, 1.165) is 54.9 Å². The van der Waals surface area contributed by atoms with Crippen LogP contribution < -0.4 is 14.8 Å². The number of ether oxygens (including phenoxy) is 4. The molecule has 3 aromatic rings. The number of fused-ring (bicyclic) bond motifs is 5. The molecule has 0 radical (unpaired) electrons. The Morgan fingerprint density at radius 2 is 1.98 bits per heavy atom. The Labute approximate surface area is 242 Å². The van der Waals surface area contributed by atoms with Gasteiger partial charge in [0, 0.05) is 58.8 Å². The van der Waals surface area contributed by atoms with Crippen molar-refractivity contribution in [1.29, 1.82) is 0 Å². The number of hydrogen-bond donors (Lipinski definition) is 1. The third kappa shape index (κ3) is 8.27. The van der Waals surface area contributed by atoms with E-state index in [-0.39, 0.29) is 24.6 Å². The maximum atomic E-state index is 13.5. The molecule has 2 aromatic carbocycles. The van der Waals surface area contributed by atoms with Crippen molar-refractivity contribution in [1.82, 2.24) is 20.1 Å². The topological polar surface area (TPSA) is 85.4 Å². The largest absolute Gasteiger partial charge is 0.493 e. The Balaban J connectivity index is 1.40. The summed E-state index contributed by atoms with van der Waals surface area (Å²) in [5, 5.41) is 3.33. The van der Waals surface area contributed by atoms with Crippen LogP contribution >= 0.6 is 0 Å². The third-order valence-electron chi connectivity index (χ3n) is 7.52. The number of likely N-dealkylation sites (tertiary alicyclic amines) is 1. The molecule has 0 spiro atoms. The van der Waals surface area contributed by atoms with Gasteiger partial charge in [0.25, 0.3) is 0 Å². The minimum absolute atomic E-state index is 0.0108. The van der Waals surface area contributed by atoms with Gasteiger partial charge < -0.3 is 24.3 Å². The van der Waals surface area contributed by atoms with E-state index >= 15 is 0 Å². The van der Waals surface area contributed by atoms with Gasteiger partial charge in [-0.25, -0.2) is 0 Å². The Kier molecular flexibility index (Phi) is 10.2. The monoisotopic (exact) mass is 560 g/mol. The van der Waals surface area contributed by atoms with Gasteiger partial charge in [0.15, 0.2) is 11.5 Å². The Bertz CT molecular complexity index is 1270. The summed E-state index contributed by atoms with van der Waals surface area (Å²) >= 11 is 0. The van der Waals surface area contributed by atoms with Crippen LogP contribution in [0.4, 0.5) is 0 Å². The van der Waals surface area contributed by atoms with E-state index in [1.807, 2.05) is 54.7 Å². The van der Waals surface area contributed by atoms with Crippen LogP contribution in [0.3, 0.4) is 0 Å². The zero-order valence-corrected chi connectivity index (χ0v) is 24.0. The molecule has 4 bridgehead atoms. The fourth-order valence-corrected chi connectivity index (χ4v) is 5.52. The first-order valence-electron chi connectivity index (χ1n) is 14.3. The van der Waals surface area contributed by atoms with Gasteiger partial charge in [-0.15, -0.1) is 0 Å². The van der Waals surface area contributed by atoms with E-state index in [1.54, 1.807) is 20.4 Å². The minimum Gasteiger partial charge on any atom is -0.493 e. The molecule has 3 heterocycles. The number of carbonyl (C=O) groups excluding carboxylic acids is 1. The normalized spacial score (nSPS) is 20.5. The van der Waals surface area contributed by atoms with Crippen LogP contribution in [0.25, 0.3) is 0 Å². The Hall–Kier alpha value is -3.50. The molecule has 2 aliphatic rings. The average Bonchev–Trinajstić information content (AvgIpc) is 2.97. The maximum absolute atomic E-state index is 13.5. The van der Waals surface area contributed by atoms with Crippen LogP contribution in [0.1, 0.15) is 29.5 Å². The molecule has 2 atom stereocenters. The number of pyridine rings is 1. The van der Waals surface area contributed by atoms with Crippen molar-refractivity contribution in [3.8, 4) is 17.2 Å². The number of carbonyl (C=O) groups is 1. The first-order valence-corrected chi connectivity index (χ1v) is 14.3. The Morgan fingerprint density at radius 3 is 2.80 bits per heavy atom. The van der Waals surface area contributed by atoms with Crippen LogP contribution in [-0.4, -0.2) is 79.8 Å². The predicted molar refractivity (Wildman–Crippen MR) is 156 cm³/mol. The number of aromatic nitrogens is 1. The Morgan fingerprint density at radius 1 is 1.05 bits per heavy atom. The highest BCUT2D eigenvalue weighted by Crippen LogP contribution is 2.33. The smallest absolute Gasteiger partial charge is 0.234 e. The van der Waals surface area contributed by atoms with Crippen LogP contribution in [0.15, 0.2) is 67.0 Å². The zero-order valence-electron chi connectivity index (χ0n) is 24.0. The summed E-state index contributed by atoms with van der Waals surface area (Å²) in [5.41, 5.74) is 3.21. The summed E-state index contributed by atoms with van der Waals surface area (Å²) in [4.78, 5) is 22.3. The first kappa shape index (κ1) is 29.0. The van der Waals surface area contributed by atoms with Crippen molar-refractivity contribution < 1.29 is 23.7 Å². The van der Waals surface area contributed by atoms with Crippen LogP contribution in [0, 0.1) is 0 Å². The van der Waals surface area contributed by atoms with Crippen molar-refractivity contribution in [3.63, 3.8) is 0 Å². The number of methoxy groups -OCH3 is 2. The van der Waals surface area contributed by atoms with Gasteiger partial charge in [-0.2, -0.15) is 0 Å². The lowest BCUT2D eigenvalue weighted by Gasteiger charge is -2.39. The van der Waals surface area contributed by atoms with Crippen LogP contribution in [-0.2, 0) is 34.0 Å². The molecule has 218 valence electrons. The summed E-state index contributed by atoms with van der Waals surface area (Å²) in [7, 11) is 3.33. The second-order valence-corrected chi connectivity index (χ2v) is 10.7. The molecule has 9 nitrogen and oxygen atoms in total. The lowest BCUT2D eigenvalue weighted by Crippen LogP contribution is -2.57. The molecule has 41 heavy (non-hydrogen) atoms. The third-order valence-corrected chi connectivity index (χ3v) is 7.52. The quantitative estimate of drug-likeness (QED) is 0.434. The van der Waals surface area contributed by atoms with Crippen molar-refractivity contribution >= 4 is 5.91 Å². The number of piperidine rings is 1. The molecule has 0 aliphatic carbocycles. The van der Waals surface area contributed by atoms with E-state index < -0.39 is 0 Å². The van der Waals surface area contributed by atoms with E-state index in [0.29, 0.717) is 37.8 Å². The molecule has 5 rings (SSSR count). The molecule has 2 aliphatic heterocycles. The van der Waals surface area contributed by atoms with Crippen molar-refractivity contribution in [2.24, 2.45) is 0 Å². The lowest BCUT2D eigenvalue weighted by molar-refractivity contribution is -0.125. The number of benzene rings is 2. The highest BCUT2D eigenvalue weighted by Gasteiger charge is 2.32. The zero-order chi connectivity index (χ0) is 28.4. The van der Waals surface area contributed by atoms with E-state index in [4.69, 9.17) is 18.9 Å². The number of nitrogens with one attached hydrogen (secondary N) is 1. The molecule has 1 aromatic heterocycles. The van der Waals surface area contributed by atoms with E-state index in [1.165, 1.54) is 0 Å². The summed E-state index contributed by atoms with van der Waals surface area (Å²) in [6.07, 6.45) is 5.23. The molecule has 9 heteroatoms. The van der Waals surface area contributed by atoms with Gasteiger partial charge in [-0.05, 0) is 59.9 Å². The van der Waals surface area contributed by atoms with Crippen molar-refractivity contribution in [3.05, 3.63) is 83.7 Å². The van der Waals surface area contributed by atoms with Gasteiger partial charge in [-0.3, -0.25) is 19.6 Å². The van der Waals surface area contributed by atoms with Gasteiger partial charge in [-0.1, -0.05) is 24.3 Å². The summed E-state index contributed by atoms with van der Waals surface area (Å²) in [6, 6.07) is 17.8. The molecule has 0 unspecified atom stereocenters. The number of hydrogen-bond acceptors (Lipinski definition) is 8. The second-order valence-electron chi connectivity index (χ2n) is 10.7. The lowest BCUT2D eigenvalue weighted by atomic mass is 10.0. The van der Waals surface area contributed by atoms with Crippen molar-refractivity contribution in [2.75, 3.05) is 47.0 Å². The molecule has 0 saturated carbocycles. The fourth-order valence-electron chi connectivity index (χ4n) is 5.52. The van der Waals surface area contributed by atoms with Crippen molar-refractivity contribution in [2.45, 2.75) is 44.7 Å². The van der Waals surface area contributed by atoms with Gasteiger partial charge >= 0.3 is 0 Å². The first-order chi connectivity index (χ1) is 20.1. The molecule has 1 fully saturated rings. The van der Waals surface area contributed by atoms with Gasteiger partial charge in [0.05, 0.1) is 32.4 Å². The molecular formula is C32H40N4O5. The predicted octanol–water partition coefficient (Wildman–Crippen LogP) is 4.01. The maximum Gasteiger partial charge on any atom is 0.234 e. The van der Waals surface area contributed by atoms with Gasteiger partial charge in [0.2, 0.25) is 5.91 Å². The number of nitrogens with zero attached hydrogens (tertiary/aromatic N) is 3. The van der Waals surface area contributed by atoms with Crippen LogP contribution in [0.5, 0.6) is 17.2 Å². The van der Waals surface area contributed by atoms with E-state index in [2.05, 4.69) is 26.2 Å². The second kappa shape index (κ2) is 14.4. The summed E-state index contributed by atoms with van der Waals surface area (Å²) < 4.78 is 23.6. The summed E-state index contributed by atoms with van der Waals surface area (Å²) in [5.74, 6) is 2.00. The number of amides is 1. The molecule has 1 amide bonds. The molecule has 1 saturated heterocycles. The summed E-state index contributed by atoms with van der Waals surface area (Å²) in [6.45, 7) is 5.03. The standard InChI is InChI=1S/C32H40N4O5/c1-38-15-5-13-35-19-24-9-10-30(39-2)31(17-24)41-27-8-3-6-25(16-27)23-40-29-11-14-36(20-26-7-4-12-33-18-26)21-28(29)34-32(37)22-35/h3-4,6-10,12,16-18,28-29H,5,11,13-15,19-23H2,1-2H3,(H,34,37)/t28-,29+/m0/s1. The molecule has 1 N–H and O–H groups in total. The SMILES string of the molecule is COCCCN1CC(=O)N[C@H]2CN(Cc3cccnc3)CC[C@H]2OCc2cccc(c2)Oc2cc(ccc2OC)C1. The van der Waals surface area contributed by atoms with E-state index in [9.17, 15) is 4.79 Å². The molecular weight excluding hydrogens is 520 g/mol.